The van der Waals surface area contributed by atoms with Gasteiger partial charge in [0.1, 0.15) is 0 Å². The largest absolute Gasteiger partial charge is 0.378 e. The van der Waals surface area contributed by atoms with E-state index < -0.39 is 0 Å². The first-order chi connectivity index (χ1) is 9.22. The molecule has 0 aromatic rings. The van der Waals surface area contributed by atoms with Crippen LogP contribution in [0.3, 0.4) is 0 Å². The highest BCUT2D eigenvalue weighted by Gasteiger charge is 2.18. The zero-order valence-electron chi connectivity index (χ0n) is 12.1. The highest BCUT2D eigenvalue weighted by Crippen LogP contribution is 2.19. The number of carbonyl (C=O) groups is 1. The van der Waals surface area contributed by atoms with Crippen LogP contribution >= 0.6 is 0 Å². The summed E-state index contributed by atoms with van der Waals surface area (Å²) in [6, 6.07) is 0.297. The van der Waals surface area contributed by atoms with Crippen LogP contribution in [-0.2, 0) is 4.74 Å². The molecule has 1 aliphatic carbocycles. The first-order valence-corrected chi connectivity index (χ1v) is 7.61. The van der Waals surface area contributed by atoms with Gasteiger partial charge in [0.25, 0.3) is 0 Å². The van der Waals surface area contributed by atoms with Crippen molar-refractivity contribution >= 4 is 6.03 Å². The maximum atomic E-state index is 11.3. The van der Waals surface area contributed by atoms with Gasteiger partial charge in [-0.15, -0.1) is 0 Å². The number of nitrogens with two attached hydrogens (primary N) is 1. The molecule has 1 saturated carbocycles. The molecule has 0 radical (unpaired) electrons. The van der Waals surface area contributed by atoms with Crippen molar-refractivity contribution in [1.29, 1.82) is 0 Å². The summed E-state index contributed by atoms with van der Waals surface area (Å²) in [6.45, 7) is 4.25. The third-order valence-corrected chi connectivity index (χ3v) is 3.49. The van der Waals surface area contributed by atoms with Gasteiger partial charge in [0.05, 0.1) is 6.10 Å². The standard InChI is InChI=1S/C14H29N3O2/c1-2-3-9-16-14(18)17-10-4-11-19-13-7-5-12(15)6-8-13/h12-13H,2-11,15H2,1H3,(H2,16,17,18). The van der Waals surface area contributed by atoms with Crippen LogP contribution in [0.2, 0.25) is 0 Å². The molecule has 2 amide bonds. The van der Waals surface area contributed by atoms with Crippen molar-refractivity contribution in [3.63, 3.8) is 0 Å². The fourth-order valence-corrected chi connectivity index (χ4v) is 2.22. The SMILES string of the molecule is CCCCNC(=O)NCCCOC1CCC(N)CC1. The Bertz CT molecular complexity index is 241. The van der Waals surface area contributed by atoms with Crippen molar-refractivity contribution < 1.29 is 9.53 Å². The van der Waals surface area contributed by atoms with E-state index in [1.165, 1.54) is 0 Å². The van der Waals surface area contributed by atoms with Gasteiger partial charge >= 0.3 is 6.03 Å². The predicted octanol–water partition coefficient (Wildman–Crippen LogP) is 1.76. The molecule has 5 nitrogen and oxygen atoms in total. The molecule has 0 saturated heterocycles. The van der Waals surface area contributed by atoms with Crippen LogP contribution in [0, 0.1) is 0 Å². The van der Waals surface area contributed by atoms with Gasteiger partial charge in [-0.1, -0.05) is 13.3 Å². The molecule has 112 valence electrons. The van der Waals surface area contributed by atoms with Gasteiger partial charge in [-0.2, -0.15) is 0 Å². The Morgan fingerprint density at radius 3 is 2.42 bits per heavy atom. The second-order valence-corrected chi connectivity index (χ2v) is 5.30. The number of unbranched alkanes of at least 4 members (excludes halogenated alkanes) is 1. The van der Waals surface area contributed by atoms with E-state index in [-0.39, 0.29) is 6.03 Å². The summed E-state index contributed by atoms with van der Waals surface area (Å²) in [5.74, 6) is 0. The zero-order valence-corrected chi connectivity index (χ0v) is 12.1. The van der Waals surface area contributed by atoms with Crippen LogP contribution in [0.15, 0.2) is 0 Å². The quantitative estimate of drug-likeness (QED) is 0.589. The number of amides is 2. The molecule has 0 aromatic carbocycles. The molecule has 1 aliphatic rings. The molecule has 0 aromatic heterocycles. The smallest absolute Gasteiger partial charge is 0.314 e. The van der Waals surface area contributed by atoms with Gasteiger partial charge in [-0.25, -0.2) is 4.79 Å². The number of hydrogen-bond donors (Lipinski definition) is 3. The summed E-state index contributed by atoms with van der Waals surface area (Å²) < 4.78 is 5.78. The molecule has 0 aliphatic heterocycles. The van der Waals surface area contributed by atoms with E-state index in [1.54, 1.807) is 0 Å². The topological polar surface area (TPSA) is 76.4 Å². The van der Waals surface area contributed by atoms with Crippen LogP contribution in [0.4, 0.5) is 4.79 Å². The van der Waals surface area contributed by atoms with Crippen molar-refractivity contribution in [3.05, 3.63) is 0 Å². The fourth-order valence-electron chi connectivity index (χ4n) is 2.22. The van der Waals surface area contributed by atoms with Gasteiger partial charge in [0.15, 0.2) is 0 Å². The summed E-state index contributed by atoms with van der Waals surface area (Å²) in [4.78, 5) is 11.3. The van der Waals surface area contributed by atoms with E-state index in [1.807, 2.05) is 0 Å². The van der Waals surface area contributed by atoms with E-state index in [0.717, 1.165) is 58.1 Å². The van der Waals surface area contributed by atoms with E-state index >= 15 is 0 Å². The normalized spacial score (nSPS) is 23.1. The maximum Gasteiger partial charge on any atom is 0.314 e. The van der Waals surface area contributed by atoms with Crippen molar-refractivity contribution in [1.82, 2.24) is 10.6 Å². The average molecular weight is 271 g/mol. The minimum absolute atomic E-state index is 0.0721. The predicted molar refractivity (Wildman–Crippen MR) is 77.1 cm³/mol. The van der Waals surface area contributed by atoms with Gasteiger partial charge in [-0.3, -0.25) is 0 Å². The van der Waals surface area contributed by atoms with E-state index in [9.17, 15) is 4.79 Å². The van der Waals surface area contributed by atoms with Crippen LogP contribution in [-0.4, -0.2) is 37.9 Å². The molecule has 1 rings (SSSR count). The van der Waals surface area contributed by atoms with Gasteiger partial charge in [0.2, 0.25) is 0 Å². The van der Waals surface area contributed by atoms with Crippen LogP contribution in [0.5, 0.6) is 0 Å². The molecular weight excluding hydrogens is 242 g/mol. The number of ether oxygens (including phenoxy) is 1. The first-order valence-electron chi connectivity index (χ1n) is 7.61. The Labute approximate surface area is 116 Å². The highest BCUT2D eigenvalue weighted by molar-refractivity contribution is 5.73. The number of nitrogens with one attached hydrogen (secondary N) is 2. The Balaban J connectivity index is 1.89. The van der Waals surface area contributed by atoms with Crippen molar-refractivity contribution in [3.8, 4) is 0 Å². The zero-order chi connectivity index (χ0) is 13.9. The molecule has 0 unspecified atom stereocenters. The molecule has 0 heterocycles. The first kappa shape index (κ1) is 16.2. The lowest BCUT2D eigenvalue weighted by Crippen LogP contribution is -2.37. The molecule has 0 atom stereocenters. The Morgan fingerprint density at radius 2 is 1.79 bits per heavy atom. The van der Waals surface area contributed by atoms with Gasteiger partial charge < -0.3 is 21.1 Å². The molecule has 4 N–H and O–H groups in total. The Hall–Kier alpha value is -0.810. The summed E-state index contributed by atoms with van der Waals surface area (Å²) >= 11 is 0. The van der Waals surface area contributed by atoms with E-state index in [2.05, 4.69) is 17.6 Å². The molecule has 0 bridgehead atoms. The van der Waals surface area contributed by atoms with E-state index in [4.69, 9.17) is 10.5 Å². The molecule has 5 heteroatoms. The summed E-state index contributed by atoms with van der Waals surface area (Å²) in [6.07, 6.45) is 7.66. The van der Waals surface area contributed by atoms with Crippen LogP contribution < -0.4 is 16.4 Å². The van der Waals surface area contributed by atoms with Crippen molar-refractivity contribution in [2.45, 2.75) is 64.0 Å². The third-order valence-electron chi connectivity index (χ3n) is 3.49. The third kappa shape index (κ3) is 8.06. The lowest BCUT2D eigenvalue weighted by atomic mass is 9.94. The van der Waals surface area contributed by atoms with Crippen LogP contribution in [0.25, 0.3) is 0 Å². The summed E-state index contributed by atoms with van der Waals surface area (Å²) in [7, 11) is 0. The van der Waals surface area contributed by atoms with Crippen LogP contribution in [0.1, 0.15) is 51.9 Å². The lowest BCUT2D eigenvalue weighted by Gasteiger charge is -2.26. The number of rotatable bonds is 8. The minimum Gasteiger partial charge on any atom is -0.378 e. The monoisotopic (exact) mass is 271 g/mol. The molecule has 19 heavy (non-hydrogen) atoms. The summed E-state index contributed by atoms with van der Waals surface area (Å²) in [5, 5.41) is 5.66. The highest BCUT2D eigenvalue weighted by atomic mass is 16.5. The van der Waals surface area contributed by atoms with Gasteiger partial charge in [0, 0.05) is 25.7 Å². The second kappa shape index (κ2) is 10.0. The maximum absolute atomic E-state index is 11.3. The lowest BCUT2D eigenvalue weighted by molar-refractivity contribution is 0.0243. The number of hydrogen-bond acceptors (Lipinski definition) is 3. The Kier molecular flexibility index (Phi) is 8.58. The summed E-state index contributed by atoms with van der Waals surface area (Å²) in [5.41, 5.74) is 5.85. The van der Waals surface area contributed by atoms with Gasteiger partial charge in [-0.05, 0) is 38.5 Å². The second-order valence-electron chi connectivity index (χ2n) is 5.30. The van der Waals surface area contributed by atoms with Crippen molar-refractivity contribution in [2.75, 3.05) is 19.7 Å². The molecule has 0 spiro atoms. The molecular formula is C14H29N3O2. The Morgan fingerprint density at radius 1 is 1.16 bits per heavy atom. The van der Waals surface area contributed by atoms with Crippen molar-refractivity contribution in [2.24, 2.45) is 5.73 Å². The fraction of sp³-hybridized carbons (Fsp3) is 0.929. The van der Waals surface area contributed by atoms with E-state index in [0.29, 0.717) is 18.7 Å². The number of carbonyl (C=O) groups excluding carboxylic acids is 1. The molecule has 1 fully saturated rings. The average Bonchev–Trinajstić information content (AvgIpc) is 2.41. The number of urea groups is 1. The minimum atomic E-state index is -0.0721.